The van der Waals surface area contributed by atoms with Gasteiger partial charge in [-0.05, 0) is 44.1 Å². The molecule has 1 aromatic rings. The van der Waals surface area contributed by atoms with Gasteiger partial charge in [-0.15, -0.1) is 0 Å². The van der Waals surface area contributed by atoms with Gasteiger partial charge in [0.1, 0.15) is 12.0 Å². The summed E-state index contributed by atoms with van der Waals surface area (Å²) in [6.45, 7) is 6.23. The van der Waals surface area contributed by atoms with Gasteiger partial charge in [0, 0.05) is 0 Å². The van der Waals surface area contributed by atoms with Crippen molar-refractivity contribution >= 4 is 0 Å². The Bertz CT molecular complexity index is 438. The van der Waals surface area contributed by atoms with E-state index in [9.17, 15) is 5.11 Å². The third kappa shape index (κ3) is 3.57. The number of ether oxygens (including phenoxy) is 2. The van der Waals surface area contributed by atoms with Crippen molar-refractivity contribution < 1.29 is 14.6 Å². The van der Waals surface area contributed by atoms with Gasteiger partial charge in [-0.25, -0.2) is 0 Å². The predicted octanol–water partition coefficient (Wildman–Crippen LogP) is 2.26. The van der Waals surface area contributed by atoms with E-state index in [4.69, 9.17) is 9.47 Å². The first-order valence-electron chi connectivity index (χ1n) is 7.61. The molecule has 0 saturated carbocycles. The van der Waals surface area contributed by atoms with Gasteiger partial charge >= 0.3 is 0 Å². The van der Waals surface area contributed by atoms with Crippen LogP contribution in [0.5, 0.6) is 5.75 Å². The molecule has 0 amide bonds. The summed E-state index contributed by atoms with van der Waals surface area (Å²) >= 11 is 0. The van der Waals surface area contributed by atoms with Crippen LogP contribution in [0.4, 0.5) is 0 Å². The maximum Gasteiger partial charge on any atom is 0.121 e. The smallest absolute Gasteiger partial charge is 0.121 e. The molecule has 1 atom stereocenters. The SMILES string of the molecule is CC(C)CCOc1ccc(C2(C(O)N(C)C)COC2)cc1. The van der Waals surface area contributed by atoms with E-state index in [1.54, 1.807) is 0 Å². The van der Waals surface area contributed by atoms with Gasteiger partial charge in [-0.3, -0.25) is 4.90 Å². The Labute approximate surface area is 127 Å². The van der Waals surface area contributed by atoms with E-state index < -0.39 is 6.23 Å². The molecule has 1 aliphatic rings. The Morgan fingerprint density at radius 1 is 1.24 bits per heavy atom. The first-order valence-corrected chi connectivity index (χ1v) is 7.61. The molecule has 21 heavy (non-hydrogen) atoms. The van der Waals surface area contributed by atoms with Crippen LogP contribution in [-0.4, -0.2) is 50.2 Å². The zero-order valence-corrected chi connectivity index (χ0v) is 13.5. The van der Waals surface area contributed by atoms with E-state index in [0.717, 1.165) is 24.3 Å². The van der Waals surface area contributed by atoms with Crippen LogP contribution >= 0.6 is 0 Å². The molecule has 1 N–H and O–H groups in total. The summed E-state index contributed by atoms with van der Waals surface area (Å²) in [6.07, 6.45) is 0.512. The Balaban J connectivity index is 2.04. The summed E-state index contributed by atoms with van der Waals surface area (Å²) in [5.74, 6) is 1.53. The molecule has 1 unspecified atom stereocenters. The molecule has 4 heteroatoms. The second-order valence-electron chi connectivity index (χ2n) is 6.54. The van der Waals surface area contributed by atoms with Gasteiger partial charge < -0.3 is 14.6 Å². The summed E-state index contributed by atoms with van der Waals surface area (Å²) in [5, 5.41) is 10.4. The second-order valence-corrected chi connectivity index (χ2v) is 6.54. The molecule has 0 bridgehead atoms. The standard InChI is InChI=1S/C17H27NO3/c1-13(2)9-10-21-15-7-5-14(6-8-15)17(11-20-12-17)16(19)18(3)4/h5-8,13,16,19H,9-12H2,1-4H3. The number of hydrogen-bond donors (Lipinski definition) is 1. The minimum atomic E-state index is -0.543. The van der Waals surface area contributed by atoms with Crippen molar-refractivity contribution in [3.8, 4) is 5.75 Å². The van der Waals surface area contributed by atoms with Crippen LogP contribution in [-0.2, 0) is 10.2 Å². The molecule has 1 aliphatic heterocycles. The lowest BCUT2D eigenvalue weighted by molar-refractivity contribution is -0.159. The monoisotopic (exact) mass is 293 g/mol. The number of likely N-dealkylation sites (N-methyl/N-ethyl adjacent to an activating group) is 1. The Morgan fingerprint density at radius 2 is 1.86 bits per heavy atom. The van der Waals surface area contributed by atoms with Crippen molar-refractivity contribution in [1.82, 2.24) is 4.90 Å². The summed E-state index contributed by atoms with van der Waals surface area (Å²) in [5.41, 5.74) is 0.783. The normalized spacial score (nSPS) is 18.6. The largest absolute Gasteiger partial charge is 0.494 e. The van der Waals surface area contributed by atoms with Crippen molar-refractivity contribution in [2.75, 3.05) is 33.9 Å². The molecule has 0 aromatic heterocycles. The minimum absolute atomic E-state index is 0.319. The van der Waals surface area contributed by atoms with Crippen molar-refractivity contribution in [3.05, 3.63) is 29.8 Å². The highest BCUT2D eigenvalue weighted by Gasteiger charge is 2.47. The highest BCUT2D eigenvalue weighted by molar-refractivity contribution is 5.35. The Kier molecular flexibility index (Phi) is 5.25. The fourth-order valence-electron chi connectivity index (χ4n) is 2.58. The lowest BCUT2D eigenvalue weighted by Gasteiger charge is -2.47. The van der Waals surface area contributed by atoms with E-state index in [1.165, 1.54) is 0 Å². The Morgan fingerprint density at radius 3 is 2.29 bits per heavy atom. The number of benzene rings is 1. The predicted molar refractivity (Wildman–Crippen MR) is 83.6 cm³/mol. The van der Waals surface area contributed by atoms with Gasteiger partial charge in [-0.2, -0.15) is 0 Å². The van der Waals surface area contributed by atoms with Crippen molar-refractivity contribution in [3.63, 3.8) is 0 Å². The molecular formula is C17H27NO3. The van der Waals surface area contributed by atoms with E-state index >= 15 is 0 Å². The molecule has 1 fully saturated rings. The first-order chi connectivity index (χ1) is 9.95. The lowest BCUT2D eigenvalue weighted by atomic mass is 9.76. The molecule has 1 heterocycles. The molecule has 0 aliphatic carbocycles. The molecule has 1 saturated heterocycles. The first kappa shape index (κ1) is 16.3. The van der Waals surface area contributed by atoms with Crippen LogP contribution in [0.25, 0.3) is 0 Å². The quantitative estimate of drug-likeness (QED) is 0.783. The number of aliphatic hydroxyl groups excluding tert-OH is 1. The number of nitrogens with zero attached hydrogens (tertiary/aromatic N) is 1. The zero-order valence-electron chi connectivity index (χ0n) is 13.5. The van der Waals surface area contributed by atoms with Crippen LogP contribution < -0.4 is 4.74 Å². The number of rotatable bonds is 7. The highest BCUT2D eigenvalue weighted by atomic mass is 16.5. The molecule has 4 nitrogen and oxygen atoms in total. The lowest BCUT2D eigenvalue weighted by Crippen LogP contribution is -2.59. The topological polar surface area (TPSA) is 41.9 Å². The van der Waals surface area contributed by atoms with Crippen LogP contribution in [0.1, 0.15) is 25.8 Å². The third-order valence-electron chi connectivity index (χ3n) is 4.10. The van der Waals surface area contributed by atoms with Gasteiger partial charge in [-0.1, -0.05) is 26.0 Å². The van der Waals surface area contributed by atoms with Gasteiger partial charge in [0.15, 0.2) is 0 Å². The van der Waals surface area contributed by atoms with Crippen LogP contribution in [0.3, 0.4) is 0 Å². The van der Waals surface area contributed by atoms with Crippen LogP contribution in [0.15, 0.2) is 24.3 Å². The summed E-state index contributed by atoms with van der Waals surface area (Å²) in [6, 6.07) is 8.05. The number of hydrogen-bond acceptors (Lipinski definition) is 4. The fourth-order valence-corrected chi connectivity index (χ4v) is 2.58. The van der Waals surface area contributed by atoms with Crippen molar-refractivity contribution in [1.29, 1.82) is 0 Å². The summed E-state index contributed by atoms with van der Waals surface area (Å²) in [7, 11) is 3.77. The van der Waals surface area contributed by atoms with Gasteiger partial charge in [0.05, 0.1) is 25.2 Å². The summed E-state index contributed by atoms with van der Waals surface area (Å²) < 4.78 is 11.1. The summed E-state index contributed by atoms with van der Waals surface area (Å²) in [4.78, 5) is 1.83. The fraction of sp³-hybridized carbons (Fsp3) is 0.647. The average Bonchev–Trinajstić information content (AvgIpc) is 2.38. The van der Waals surface area contributed by atoms with Crippen molar-refractivity contribution in [2.24, 2.45) is 5.92 Å². The molecule has 118 valence electrons. The molecule has 0 spiro atoms. The van der Waals surface area contributed by atoms with Crippen LogP contribution in [0.2, 0.25) is 0 Å². The highest BCUT2D eigenvalue weighted by Crippen LogP contribution is 2.37. The molecular weight excluding hydrogens is 266 g/mol. The average molecular weight is 293 g/mol. The Hall–Kier alpha value is -1.10. The van der Waals surface area contributed by atoms with E-state index in [1.807, 2.05) is 43.3 Å². The molecule has 1 aromatic carbocycles. The van der Waals surface area contributed by atoms with Crippen LogP contribution in [0, 0.1) is 5.92 Å². The van der Waals surface area contributed by atoms with E-state index in [2.05, 4.69) is 13.8 Å². The minimum Gasteiger partial charge on any atom is -0.494 e. The van der Waals surface area contributed by atoms with E-state index in [-0.39, 0.29) is 5.41 Å². The number of aliphatic hydroxyl groups is 1. The maximum absolute atomic E-state index is 10.4. The molecule has 0 radical (unpaired) electrons. The second kappa shape index (κ2) is 6.77. The molecule has 2 rings (SSSR count). The van der Waals surface area contributed by atoms with Crippen molar-refractivity contribution in [2.45, 2.75) is 31.9 Å². The third-order valence-corrected chi connectivity index (χ3v) is 4.10. The van der Waals surface area contributed by atoms with E-state index in [0.29, 0.717) is 19.1 Å². The van der Waals surface area contributed by atoms with Gasteiger partial charge in [0.25, 0.3) is 0 Å². The maximum atomic E-state index is 10.4. The van der Waals surface area contributed by atoms with Gasteiger partial charge in [0.2, 0.25) is 0 Å². The zero-order chi connectivity index (χ0) is 15.5.